The maximum absolute atomic E-state index is 12.3. The monoisotopic (exact) mass is 338 g/mol. The van der Waals surface area contributed by atoms with E-state index in [-0.39, 0.29) is 12.5 Å². The van der Waals surface area contributed by atoms with Crippen LogP contribution in [-0.4, -0.2) is 29.3 Å². The van der Waals surface area contributed by atoms with Gasteiger partial charge < -0.3 is 18.7 Å². The maximum atomic E-state index is 12.3. The summed E-state index contributed by atoms with van der Waals surface area (Å²) in [6.07, 6.45) is 0. The summed E-state index contributed by atoms with van der Waals surface area (Å²) in [4.78, 5) is 16.5. The predicted octanol–water partition coefficient (Wildman–Crippen LogP) is 2.86. The van der Waals surface area contributed by atoms with Crippen LogP contribution in [0.2, 0.25) is 0 Å². The van der Waals surface area contributed by atoms with Crippen LogP contribution in [0, 0.1) is 0 Å². The number of carbonyl (C=O) groups is 1. The van der Waals surface area contributed by atoms with Gasteiger partial charge in [-0.05, 0) is 12.1 Å². The van der Waals surface area contributed by atoms with E-state index in [0.29, 0.717) is 36.1 Å². The normalized spacial score (nSPS) is 12.6. The topological polar surface area (TPSA) is 83.7 Å². The van der Waals surface area contributed by atoms with E-state index in [2.05, 4.69) is 10.1 Å². The average molecular weight is 338 g/mol. The number of hydrogen-bond donors (Lipinski definition) is 0. The van der Waals surface area contributed by atoms with Gasteiger partial charge in [0.15, 0.2) is 18.1 Å². The number of esters is 1. The van der Waals surface area contributed by atoms with E-state index < -0.39 is 5.97 Å². The number of nitrogens with zero attached hydrogens (tertiary/aromatic N) is 2. The predicted molar refractivity (Wildman–Crippen MR) is 86.3 cm³/mol. The first-order valence-corrected chi connectivity index (χ1v) is 7.75. The first-order valence-electron chi connectivity index (χ1n) is 7.75. The lowest BCUT2D eigenvalue weighted by atomic mass is 10.2. The van der Waals surface area contributed by atoms with Crippen LogP contribution in [0.4, 0.5) is 0 Å². The van der Waals surface area contributed by atoms with Crippen molar-refractivity contribution < 1.29 is 23.5 Å². The van der Waals surface area contributed by atoms with Crippen molar-refractivity contribution in [3.05, 3.63) is 60.0 Å². The summed E-state index contributed by atoms with van der Waals surface area (Å²) in [5.74, 6) is 1.05. The smallest absolute Gasteiger partial charge is 0.342 e. The Hall–Kier alpha value is -3.35. The first kappa shape index (κ1) is 15.2. The summed E-state index contributed by atoms with van der Waals surface area (Å²) in [6, 6.07) is 14.5. The fourth-order valence-electron chi connectivity index (χ4n) is 2.46. The molecule has 0 spiro atoms. The maximum Gasteiger partial charge on any atom is 0.342 e. The van der Waals surface area contributed by atoms with Gasteiger partial charge in [0.05, 0.1) is 0 Å². The molecule has 4 rings (SSSR count). The molecule has 0 atom stereocenters. The molecule has 1 aromatic heterocycles. The highest BCUT2D eigenvalue weighted by Crippen LogP contribution is 2.34. The summed E-state index contributed by atoms with van der Waals surface area (Å²) in [5, 5.41) is 3.89. The van der Waals surface area contributed by atoms with Gasteiger partial charge in [-0.1, -0.05) is 41.6 Å². The summed E-state index contributed by atoms with van der Waals surface area (Å²) < 4.78 is 21.4. The number of para-hydroxylation sites is 1. The fraction of sp³-hybridized carbons (Fsp3) is 0.167. The molecule has 0 unspecified atom stereocenters. The second-order valence-electron chi connectivity index (χ2n) is 5.28. The van der Waals surface area contributed by atoms with Crippen LogP contribution in [0.5, 0.6) is 11.5 Å². The quantitative estimate of drug-likeness (QED) is 0.676. The number of ether oxygens (including phenoxy) is 3. The third-order valence-electron chi connectivity index (χ3n) is 3.61. The van der Waals surface area contributed by atoms with Gasteiger partial charge in [0, 0.05) is 5.56 Å². The summed E-state index contributed by atoms with van der Waals surface area (Å²) in [7, 11) is 0. The minimum atomic E-state index is -0.540. The number of aromatic nitrogens is 2. The summed E-state index contributed by atoms with van der Waals surface area (Å²) >= 11 is 0. The van der Waals surface area contributed by atoms with Crippen molar-refractivity contribution in [3.63, 3.8) is 0 Å². The summed E-state index contributed by atoms with van der Waals surface area (Å²) in [5.41, 5.74) is 1.13. The molecule has 0 saturated heterocycles. The van der Waals surface area contributed by atoms with Crippen molar-refractivity contribution in [2.24, 2.45) is 0 Å². The number of rotatable bonds is 4. The molecule has 7 nitrogen and oxygen atoms in total. The van der Waals surface area contributed by atoms with E-state index in [1.807, 2.05) is 30.3 Å². The lowest BCUT2D eigenvalue weighted by Gasteiger charge is -2.20. The molecule has 7 heteroatoms. The van der Waals surface area contributed by atoms with Gasteiger partial charge >= 0.3 is 5.97 Å². The Morgan fingerprint density at radius 3 is 2.76 bits per heavy atom. The zero-order valence-corrected chi connectivity index (χ0v) is 13.2. The zero-order valence-electron chi connectivity index (χ0n) is 13.2. The molecule has 1 aliphatic rings. The van der Waals surface area contributed by atoms with Crippen LogP contribution in [0.1, 0.15) is 16.2 Å². The van der Waals surface area contributed by atoms with Crippen LogP contribution < -0.4 is 9.47 Å². The van der Waals surface area contributed by atoms with Crippen LogP contribution in [0.3, 0.4) is 0 Å². The standard InChI is InChI=1S/C18H14N2O5/c21-18(13-7-4-8-14-16(13)23-10-9-22-14)24-11-15-19-17(20-25-15)12-5-2-1-3-6-12/h1-8H,9-11H2. The third-order valence-corrected chi connectivity index (χ3v) is 3.61. The van der Waals surface area contributed by atoms with Crippen molar-refractivity contribution in [3.8, 4) is 22.9 Å². The zero-order chi connectivity index (χ0) is 17.1. The Morgan fingerprint density at radius 1 is 1.04 bits per heavy atom. The van der Waals surface area contributed by atoms with Gasteiger partial charge in [-0.3, -0.25) is 0 Å². The SMILES string of the molecule is O=C(OCc1nc(-c2ccccc2)no1)c1cccc2c1OCCO2. The minimum absolute atomic E-state index is 0.122. The number of hydrogen-bond acceptors (Lipinski definition) is 7. The van der Waals surface area contributed by atoms with Gasteiger partial charge in [-0.15, -0.1) is 0 Å². The van der Waals surface area contributed by atoms with E-state index in [4.69, 9.17) is 18.7 Å². The number of carbonyl (C=O) groups excluding carboxylic acids is 1. The molecule has 0 fully saturated rings. The fourth-order valence-corrected chi connectivity index (χ4v) is 2.46. The van der Waals surface area contributed by atoms with E-state index in [1.54, 1.807) is 18.2 Å². The van der Waals surface area contributed by atoms with Gasteiger partial charge in [0.25, 0.3) is 5.89 Å². The van der Waals surface area contributed by atoms with Crippen molar-refractivity contribution in [2.75, 3.05) is 13.2 Å². The lowest BCUT2D eigenvalue weighted by molar-refractivity contribution is 0.0420. The highest BCUT2D eigenvalue weighted by atomic mass is 16.6. The van der Waals surface area contributed by atoms with Crippen LogP contribution in [0.25, 0.3) is 11.4 Å². The van der Waals surface area contributed by atoms with Crippen molar-refractivity contribution in [1.29, 1.82) is 0 Å². The molecule has 0 saturated carbocycles. The molecule has 0 radical (unpaired) electrons. The van der Waals surface area contributed by atoms with Gasteiger partial charge in [0.1, 0.15) is 18.8 Å². The Kier molecular flexibility index (Phi) is 4.04. The highest BCUT2D eigenvalue weighted by Gasteiger charge is 2.22. The summed E-state index contributed by atoms with van der Waals surface area (Å²) in [6.45, 7) is 0.723. The molecule has 2 heterocycles. The van der Waals surface area contributed by atoms with Crippen molar-refractivity contribution in [2.45, 2.75) is 6.61 Å². The van der Waals surface area contributed by atoms with Crippen molar-refractivity contribution >= 4 is 5.97 Å². The average Bonchev–Trinajstić information content (AvgIpc) is 3.15. The Bertz CT molecular complexity index is 891. The molecular formula is C18H14N2O5. The molecule has 126 valence electrons. The molecule has 2 aromatic carbocycles. The number of benzene rings is 2. The Morgan fingerprint density at radius 2 is 1.88 bits per heavy atom. The molecule has 25 heavy (non-hydrogen) atoms. The lowest BCUT2D eigenvalue weighted by Crippen LogP contribution is -2.18. The molecule has 0 aliphatic carbocycles. The van der Waals surface area contributed by atoms with E-state index in [1.165, 1.54) is 0 Å². The molecular weight excluding hydrogens is 324 g/mol. The second kappa shape index (κ2) is 6.64. The van der Waals surface area contributed by atoms with Crippen LogP contribution >= 0.6 is 0 Å². The minimum Gasteiger partial charge on any atom is -0.486 e. The first-order chi connectivity index (χ1) is 12.3. The molecule has 0 N–H and O–H groups in total. The van der Waals surface area contributed by atoms with Crippen LogP contribution in [-0.2, 0) is 11.3 Å². The van der Waals surface area contributed by atoms with Gasteiger partial charge in [-0.2, -0.15) is 4.98 Å². The second-order valence-corrected chi connectivity index (χ2v) is 5.28. The molecule has 0 bridgehead atoms. The third kappa shape index (κ3) is 3.16. The largest absolute Gasteiger partial charge is 0.486 e. The van der Waals surface area contributed by atoms with E-state index in [9.17, 15) is 4.79 Å². The van der Waals surface area contributed by atoms with Crippen LogP contribution in [0.15, 0.2) is 53.1 Å². The Balaban J connectivity index is 1.46. The van der Waals surface area contributed by atoms with Crippen molar-refractivity contribution in [1.82, 2.24) is 10.1 Å². The molecule has 3 aromatic rings. The molecule has 1 aliphatic heterocycles. The van der Waals surface area contributed by atoms with E-state index >= 15 is 0 Å². The highest BCUT2D eigenvalue weighted by molar-refractivity contribution is 5.93. The number of fused-ring (bicyclic) bond motifs is 1. The van der Waals surface area contributed by atoms with Gasteiger partial charge in [-0.25, -0.2) is 4.79 Å². The molecule has 0 amide bonds. The Labute approximate surface area is 143 Å². The van der Waals surface area contributed by atoms with E-state index in [0.717, 1.165) is 5.56 Å². The van der Waals surface area contributed by atoms with Gasteiger partial charge in [0.2, 0.25) is 5.82 Å².